The molecule has 5 heteroatoms. The zero-order valence-corrected chi connectivity index (χ0v) is 9.89. The molecule has 0 spiro atoms. The summed E-state index contributed by atoms with van der Waals surface area (Å²) in [5.41, 5.74) is 7.60. The van der Waals surface area contributed by atoms with Crippen LogP contribution in [0.4, 0.5) is 5.82 Å². The van der Waals surface area contributed by atoms with Gasteiger partial charge in [-0.3, -0.25) is 0 Å². The third kappa shape index (κ3) is 1.65. The Labute approximate surface area is 94.1 Å². The predicted octanol–water partition coefficient (Wildman–Crippen LogP) is 2.86. The fourth-order valence-corrected chi connectivity index (χ4v) is 1.91. The second-order valence-corrected chi connectivity index (χ2v) is 4.42. The molecule has 2 heterocycles. The minimum atomic E-state index is 0.485. The molecule has 2 N–H and O–H groups in total. The summed E-state index contributed by atoms with van der Waals surface area (Å²) in [4.78, 5) is 8.55. The highest BCUT2D eigenvalue weighted by atomic mass is 79.9. The standard InChI is InChI=1S/C9H8BrN3S/c1-5-7(10)8(11)13-9(12-5)6-2-3-14-4-6/h2-4H,1H3,(H2,11,12,13). The number of hydrogen-bond donors (Lipinski definition) is 1. The summed E-state index contributed by atoms with van der Waals surface area (Å²) < 4.78 is 0.775. The summed E-state index contributed by atoms with van der Waals surface area (Å²) in [6.45, 7) is 1.90. The summed E-state index contributed by atoms with van der Waals surface area (Å²) in [5, 5.41) is 3.99. The summed E-state index contributed by atoms with van der Waals surface area (Å²) in [7, 11) is 0. The molecule has 3 nitrogen and oxygen atoms in total. The monoisotopic (exact) mass is 269 g/mol. The molecule has 0 bridgehead atoms. The van der Waals surface area contributed by atoms with E-state index in [9.17, 15) is 0 Å². The fraction of sp³-hybridized carbons (Fsp3) is 0.111. The molecular weight excluding hydrogens is 262 g/mol. The van der Waals surface area contributed by atoms with Crippen LogP contribution >= 0.6 is 27.3 Å². The molecule has 0 unspecified atom stereocenters. The van der Waals surface area contributed by atoms with Gasteiger partial charge in [-0.1, -0.05) is 0 Å². The lowest BCUT2D eigenvalue weighted by Crippen LogP contribution is -1.99. The molecule has 0 amide bonds. The number of aromatic nitrogens is 2. The lowest BCUT2D eigenvalue weighted by Gasteiger charge is -2.03. The van der Waals surface area contributed by atoms with Crippen LogP contribution in [-0.4, -0.2) is 9.97 Å². The molecule has 2 aromatic heterocycles. The number of aryl methyl sites for hydroxylation is 1. The zero-order valence-electron chi connectivity index (χ0n) is 7.49. The topological polar surface area (TPSA) is 51.8 Å². The van der Waals surface area contributed by atoms with Gasteiger partial charge in [-0.05, 0) is 34.3 Å². The zero-order chi connectivity index (χ0) is 10.1. The van der Waals surface area contributed by atoms with Gasteiger partial charge in [0.2, 0.25) is 0 Å². The van der Waals surface area contributed by atoms with Gasteiger partial charge in [-0.25, -0.2) is 9.97 Å². The maximum Gasteiger partial charge on any atom is 0.162 e. The minimum Gasteiger partial charge on any atom is -0.383 e. The SMILES string of the molecule is Cc1nc(-c2ccsc2)nc(N)c1Br. The van der Waals surface area contributed by atoms with Crippen LogP contribution in [0.2, 0.25) is 0 Å². The van der Waals surface area contributed by atoms with Crippen molar-refractivity contribution in [2.24, 2.45) is 0 Å². The lowest BCUT2D eigenvalue weighted by molar-refractivity contribution is 1.10. The highest BCUT2D eigenvalue weighted by Gasteiger charge is 2.08. The minimum absolute atomic E-state index is 0.485. The van der Waals surface area contributed by atoms with Gasteiger partial charge in [0.05, 0.1) is 10.2 Å². The number of nitrogen functional groups attached to an aromatic ring is 1. The van der Waals surface area contributed by atoms with Crippen molar-refractivity contribution >= 4 is 33.1 Å². The first-order chi connectivity index (χ1) is 6.68. The average molecular weight is 270 g/mol. The highest BCUT2D eigenvalue weighted by Crippen LogP contribution is 2.25. The van der Waals surface area contributed by atoms with Gasteiger partial charge in [-0.2, -0.15) is 11.3 Å². The Morgan fingerprint density at radius 3 is 2.79 bits per heavy atom. The maximum atomic E-state index is 5.73. The van der Waals surface area contributed by atoms with Crippen molar-refractivity contribution in [3.63, 3.8) is 0 Å². The largest absolute Gasteiger partial charge is 0.383 e. The second kappa shape index (κ2) is 3.67. The van der Waals surface area contributed by atoms with Crippen LogP contribution in [0.5, 0.6) is 0 Å². The van der Waals surface area contributed by atoms with Crippen molar-refractivity contribution < 1.29 is 0 Å². The van der Waals surface area contributed by atoms with Crippen molar-refractivity contribution in [2.45, 2.75) is 6.92 Å². The van der Waals surface area contributed by atoms with Crippen molar-refractivity contribution in [3.05, 3.63) is 27.0 Å². The number of rotatable bonds is 1. The molecular formula is C9H8BrN3S. The van der Waals surface area contributed by atoms with E-state index in [-0.39, 0.29) is 0 Å². The number of thiophene rings is 1. The van der Waals surface area contributed by atoms with Crippen LogP contribution in [0.25, 0.3) is 11.4 Å². The number of halogens is 1. The molecule has 14 heavy (non-hydrogen) atoms. The first kappa shape index (κ1) is 9.61. The smallest absolute Gasteiger partial charge is 0.162 e. The Kier molecular flexibility index (Phi) is 2.52. The van der Waals surface area contributed by atoms with Crippen LogP contribution in [0.1, 0.15) is 5.69 Å². The predicted molar refractivity (Wildman–Crippen MR) is 62.2 cm³/mol. The van der Waals surface area contributed by atoms with Gasteiger partial charge >= 0.3 is 0 Å². The van der Waals surface area contributed by atoms with E-state index in [2.05, 4.69) is 25.9 Å². The van der Waals surface area contributed by atoms with Crippen molar-refractivity contribution in [1.82, 2.24) is 9.97 Å². The van der Waals surface area contributed by atoms with Crippen LogP contribution < -0.4 is 5.73 Å². The summed E-state index contributed by atoms with van der Waals surface area (Å²) in [6.07, 6.45) is 0. The van der Waals surface area contributed by atoms with Gasteiger partial charge in [0.25, 0.3) is 0 Å². The normalized spacial score (nSPS) is 10.4. The summed E-state index contributed by atoms with van der Waals surface area (Å²) in [5.74, 6) is 1.17. The van der Waals surface area contributed by atoms with Gasteiger partial charge in [-0.15, -0.1) is 0 Å². The molecule has 0 saturated heterocycles. The second-order valence-electron chi connectivity index (χ2n) is 2.84. The van der Waals surface area contributed by atoms with E-state index in [0.29, 0.717) is 11.6 Å². The fourth-order valence-electron chi connectivity index (χ4n) is 1.10. The van der Waals surface area contributed by atoms with E-state index in [4.69, 9.17) is 5.73 Å². The van der Waals surface area contributed by atoms with Gasteiger partial charge in [0.15, 0.2) is 5.82 Å². The molecule has 72 valence electrons. The molecule has 0 radical (unpaired) electrons. The van der Waals surface area contributed by atoms with Gasteiger partial charge in [0.1, 0.15) is 5.82 Å². The average Bonchev–Trinajstić information content (AvgIpc) is 2.66. The van der Waals surface area contributed by atoms with Crippen LogP contribution in [0, 0.1) is 6.92 Å². The molecule has 2 rings (SSSR count). The lowest BCUT2D eigenvalue weighted by atomic mass is 10.3. The van der Waals surface area contributed by atoms with Crippen LogP contribution in [0.15, 0.2) is 21.3 Å². The van der Waals surface area contributed by atoms with Crippen molar-refractivity contribution in [1.29, 1.82) is 0 Å². The summed E-state index contributed by atoms with van der Waals surface area (Å²) in [6, 6.07) is 1.98. The molecule has 0 aliphatic carbocycles. The summed E-state index contributed by atoms with van der Waals surface area (Å²) >= 11 is 4.95. The molecule has 0 aromatic carbocycles. The highest BCUT2D eigenvalue weighted by molar-refractivity contribution is 9.10. The Balaban J connectivity index is 2.57. The van der Waals surface area contributed by atoms with Gasteiger partial charge < -0.3 is 5.73 Å². The molecule has 2 aromatic rings. The van der Waals surface area contributed by atoms with E-state index < -0.39 is 0 Å². The van der Waals surface area contributed by atoms with E-state index in [0.717, 1.165) is 15.7 Å². The maximum absolute atomic E-state index is 5.73. The van der Waals surface area contributed by atoms with E-state index in [1.807, 2.05) is 23.8 Å². The van der Waals surface area contributed by atoms with E-state index >= 15 is 0 Å². The molecule has 0 aliphatic rings. The van der Waals surface area contributed by atoms with Crippen molar-refractivity contribution in [2.75, 3.05) is 5.73 Å². The first-order valence-electron chi connectivity index (χ1n) is 4.00. The van der Waals surface area contributed by atoms with Crippen molar-refractivity contribution in [3.8, 4) is 11.4 Å². The molecule has 0 atom stereocenters. The van der Waals surface area contributed by atoms with Gasteiger partial charge in [0, 0.05) is 10.9 Å². The number of nitrogens with zero attached hydrogens (tertiary/aromatic N) is 2. The number of nitrogens with two attached hydrogens (primary N) is 1. The van der Waals surface area contributed by atoms with Crippen LogP contribution in [-0.2, 0) is 0 Å². The van der Waals surface area contributed by atoms with Crippen LogP contribution in [0.3, 0.4) is 0 Å². The Bertz CT molecular complexity index is 430. The molecule has 0 aliphatic heterocycles. The Hall–Kier alpha value is -0.940. The third-order valence-electron chi connectivity index (χ3n) is 1.82. The quantitative estimate of drug-likeness (QED) is 0.866. The van der Waals surface area contributed by atoms with E-state index in [1.54, 1.807) is 11.3 Å². The number of hydrogen-bond acceptors (Lipinski definition) is 4. The van der Waals surface area contributed by atoms with E-state index in [1.165, 1.54) is 0 Å². The Morgan fingerprint density at radius 2 is 2.21 bits per heavy atom. The molecule has 0 fully saturated rings. The Morgan fingerprint density at radius 1 is 1.43 bits per heavy atom. The number of anilines is 1. The molecule has 0 saturated carbocycles. The third-order valence-corrected chi connectivity index (χ3v) is 3.49. The first-order valence-corrected chi connectivity index (χ1v) is 5.74.